The molecule has 1 aromatic heterocycles. The summed E-state index contributed by atoms with van der Waals surface area (Å²) < 4.78 is 11.5. The zero-order valence-electron chi connectivity index (χ0n) is 16.9. The van der Waals surface area contributed by atoms with Crippen LogP contribution in [0.15, 0.2) is 54.6 Å². The topological polar surface area (TPSA) is 130 Å². The van der Waals surface area contributed by atoms with Crippen LogP contribution in [0, 0.1) is 6.92 Å². The number of aliphatic hydroxyl groups excluding tert-OH is 4. The third-order valence-electron chi connectivity index (χ3n) is 5.32. The summed E-state index contributed by atoms with van der Waals surface area (Å²) in [5.41, 5.74) is 2.83. The molecular weight excluding hydrogens is 402 g/mol. The van der Waals surface area contributed by atoms with Gasteiger partial charge in [-0.1, -0.05) is 30.3 Å². The molecule has 0 aliphatic carbocycles. The number of hydrogen-bond donors (Lipinski definition) is 4. The summed E-state index contributed by atoms with van der Waals surface area (Å²) in [6.07, 6.45) is -6.06. The second-order valence-electron chi connectivity index (χ2n) is 7.47. The highest BCUT2D eigenvalue weighted by Gasteiger charge is 2.43. The normalized spacial score (nSPS) is 26.0. The summed E-state index contributed by atoms with van der Waals surface area (Å²) in [7, 11) is 0. The van der Waals surface area contributed by atoms with Gasteiger partial charge in [0.15, 0.2) is 0 Å². The monoisotopic (exact) mass is 427 g/mol. The Bertz CT molecular complexity index is 1010. The SMILES string of the molecule is Cc1nn(-c2ccccc2)nc1COc1cccc(C2O[C@H](CO)C(O)[C@H](O)[C@@H]2O)c1. The molecule has 1 fully saturated rings. The molecule has 0 saturated carbocycles. The lowest BCUT2D eigenvalue weighted by molar-refractivity contribution is -0.231. The first-order valence-electron chi connectivity index (χ1n) is 9.99. The molecule has 0 spiro atoms. The van der Waals surface area contributed by atoms with Crippen LogP contribution in [0.3, 0.4) is 0 Å². The molecule has 4 N–H and O–H groups in total. The van der Waals surface area contributed by atoms with E-state index in [1.807, 2.05) is 37.3 Å². The van der Waals surface area contributed by atoms with Crippen molar-refractivity contribution in [2.45, 2.75) is 44.1 Å². The van der Waals surface area contributed by atoms with Gasteiger partial charge >= 0.3 is 0 Å². The predicted molar refractivity (Wildman–Crippen MR) is 110 cm³/mol. The molecule has 164 valence electrons. The third kappa shape index (κ3) is 4.46. The van der Waals surface area contributed by atoms with Crippen molar-refractivity contribution >= 4 is 0 Å². The minimum absolute atomic E-state index is 0.191. The van der Waals surface area contributed by atoms with E-state index in [1.165, 1.54) is 0 Å². The fourth-order valence-corrected chi connectivity index (χ4v) is 3.53. The van der Waals surface area contributed by atoms with E-state index in [0.717, 1.165) is 11.4 Å². The van der Waals surface area contributed by atoms with E-state index in [1.54, 1.807) is 29.1 Å². The molecule has 2 heterocycles. The van der Waals surface area contributed by atoms with Crippen LogP contribution in [0.1, 0.15) is 23.1 Å². The van der Waals surface area contributed by atoms with E-state index in [2.05, 4.69) is 10.2 Å². The van der Waals surface area contributed by atoms with Gasteiger partial charge in [-0.25, -0.2) is 0 Å². The van der Waals surface area contributed by atoms with Gasteiger partial charge in [-0.2, -0.15) is 9.90 Å². The van der Waals surface area contributed by atoms with Gasteiger partial charge in [-0.3, -0.25) is 0 Å². The molecule has 1 aliphatic rings. The predicted octanol–water partition coefficient (Wildman–Crippen LogP) is 0.670. The summed E-state index contributed by atoms with van der Waals surface area (Å²) in [5.74, 6) is 0.517. The average molecular weight is 427 g/mol. The van der Waals surface area contributed by atoms with Crippen LogP contribution in [0.25, 0.3) is 5.69 Å². The van der Waals surface area contributed by atoms with Gasteiger partial charge in [0, 0.05) is 0 Å². The van der Waals surface area contributed by atoms with Gasteiger partial charge in [0.1, 0.15) is 48.6 Å². The number of aryl methyl sites for hydroxylation is 1. The zero-order valence-corrected chi connectivity index (χ0v) is 16.9. The molecule has 5 atom stereocenters. The summed E-state index contributed by atoms with van der Waals surface area (Å²) in [4.78, 5) is 1.55. The van der Waals surface area contributed by atoms with Crippen molar-refractivity contribution in [2.75, 3.05) is 6.61 Å². The highest BCUT2D eigenvalue weighted by atomic mass is 16.5. The molecule has 9 heteroatoms. The van der Waals surface area contributed by atoms with Crippen molar-refractivity contribution in [3.05, 3.63) is 71.5 Å². The van der Waals surface area contributed by atoms with Crippen molar-refractivity contribution in [3.63, 3.8) is 0 Å². The lowest BCUT2D eigenvalue weighted by Crippen LogP contribution is -2.55. The van der Waals surface area contributed by atoms with E-state index in [4.69, 9.17) is 9.47 Å². The Morgan fingerprint density at radius 3 is 2.48 bits per heavy atom. The first-order chi connectivity index (χ1) is 15.0. The molecule has 0 amide bonds. The number of benzene rings is 2. The number of rotatable bonds is 6. The summed E-state index contributed by atoms with van der Waals surface area (Å²) in [6, 6.07) is 16.5. The van der Waals surface area contributed by atoms with Crippen LogP contribution in [-0.2, 0) is 11.3 Å². The quantitative estimate of drug-likeness (QED) is 0.452. The van der Waals surface area contributed by atoms with Gasteiger partial charge in [0.2, 0.25) is 0 Å². The highest BCUT2D eigenvalue weighted by Crippen LogP contribution is 2.33. The van der Waals surface area contributed by atoms with Crippen molar-refractivity contribution in [2.24, 2.45) is 0 Å². The molecule has 0 bridgehead atoms. The Balaban J connectivity index is 1.48. The lowest BCUT2D eigenvalue weighted by Gasteiger charge is -2.40. The average Bonchev–Trinajstić information content (AvgIpc) is 3.17. The van der Waals surface area contributed by atoms with Crippen molar-refractivity contribution in [1.82, 2.24) is 15.0 Å². The fraction of sp³-hybridized carbons (Fsp3) is 0.364. The van der Waals surface area contributed by atoms with Crippen molar-refractivity contribution < 1.29 is 29.9 Å². The maximum absolute atomic E-state index is 10.3. The molecular formula is C22H25N3O6. The van der Waals surface area contributed by atoms with E-state index in [0.29, 0.717) is 17.0 Å². The minimum atomic E-state index is -1.43. The molecule has 2 unspecified atom stereocenters. The smallest absolute Gasteiger partial charge is 0.134 e. The maximum atomic E-state index is 10.3. The Kier molecular flexibility index (Phi) is 6.30. The molecule has 2 aromatic carbocycles. The number of aliphatic hydroxyl groups is 4. The van der Waals surface area contributed by atoms with E-state index < -0.39 is 37.1 Å². The first kappa shape index (κ1) is 21.4. The van der Waals surface area contributed by atoms with E-state index in [9.17, 15) is 20.4 Å². The standard InChI is InChI=1S/C22H25N3O6/c1-13-17(24-25(23-13)15-7-3-2-4-8-15)12-30-16-9-5-6-14(10-16)22-21(29)20(28)19(27)18(11-26)31-22/h2-10,18-22,26-29H,11-12H2,1H3/t18-,19?,20+,21+,22?/m1/s1. The van der Waals surface area contributed by atoms with Crippen LogP contribution >= 0.6 is 0 Å². The molecule has 1 saturated heterocycles. The lowest BCUT2D eigenvalue weighted by atomic mass is 9.91. The molecule has 9 nitrogen and oxygen atoms in total. The number of para-hydroxylation sites is 1. The van der Waals surface area contributed by atoms with Crippen molar-refractivity contribution in [3.8, 4) is 11.4 Å². The van der Waals surface area contributed by atoms with Gasteiger partial charge in [-0.15, -0.1) is 5.10 Å². The summed E-state index contributed by atoms with van der Waals surface area (Å²) in [5, 5.41) is 48.6. The van der Waals surface area contributed by atoms with Crippen LogP contribution in [-0.4, -0.2) is 66.4 Å². The van der Waals surface area contributed by atoms with Crippen LogP contribution in [0.5, 0.6) is 5.75 Å². The van der Waals surface area contributed by atoms with Gasteiger partial charge in [0.05, 0.1) is 18.0 Å². The van der Waals surface area contributed by atoms with Crippen molar-refractivity contribution in [1.29, 1.82) is 0 Å². The fourth-order valence-electron chi connectivity index (χ4n) is 3.53. The van der Waals surface area contributed by atoms with Gasteiger partial charge in [0.25, 0.3) is 0 Å². The number of nitrogens with zero attached hydrogens (tertiary/aromatic N) is 3. The number of hydrogen-bond acceptors (Lipinski definition) is 8. The van der Waals surface area contributed by atoms with Crippen LogP contribution in [0.4, 0.5) is 0 Å². The Hall–Kier alpha value is -2.82. The Morgan fingerprint density at radius 2 is 1.74 bits per heavy atom. The highest BCUT2D eigenvalue weighted by molar-refractivity contribution is 5.32. The van der Waals surface area contributed by atoms with Crippen LogP contribution in [0.2, 0.25) is 0 Å². The molecule has 3 aromatic rings. The third-order valence-corrected chi connectivity index (χ3v) is 5.32. The van der Waals surface area contributed by atoms with E-state index in [-0.39, 0.29) is 6.61 Å². The second kappa shape index (κ2) is 9.13. The number of aromatic nitrogens is 3. The van der Waals surface area contributed by atoms with Gasteiger partial charge < -0.3 is 29.9 Å². The summed E-state index contributed by atoms with van der Waals surface area (Å²) >= 11 is 0. The first-order valence-corrected chi connectivity index (χ1v) is 9.99. The minimum Gasteiger partial charge on any atom is -0.487 e. The molecule has 0 radical (unpaired) electrons. The van der Waals surface area contributed by atoms with Gasteiger partial charge in [-0.05, 0) is 36.8 Å². The summed E-state index contributed by atoms with van der Waals surface area (Å²) in [6.45, 7) is 1.57. The second-order valence-corrected chi connectivity index (χ2v) is 7.47. The molecule has 31 heavy (non-hydrogen) atoms. The maximum Gasteiger partial charge on any atom is 0.134 e. The molecule has 4 rings (SSSR count). The zero-order chi connectivity index (χ0) is 22.0. The van der Waals surface area contributed by atoms with Crippen LogP contribution < -0.4 is 4.74 Å². The largest absolute Gasteiger partial charge is 0.487 e. The van der Waals surface area contributed by atoms with E-state index >= 15 is 0 Å². The molecule has 1 aliphatic heterocycles. The Labute approximate surface area is 179 Å². The Morgan fingerprint density at radius 1 is 0.968 bits per heavy atom. The number of ether oxygens (including phenoxy) is 2.